The van der Waals surface area contributed by atoms with Gasteiger partial charge in [-0.3, -0.25) is 0 Å². The summed E-state index contributed by atoms with van der Waals surface area (Å²) in [7, 11) is 0. The molecule has 1 aromatic heterocycles. The summed E-state index contributed by atoms with van der Waals surface area (Å²) in [4.78, 5) is 8.60. The van der Waals surface area contributed by atoms with E-state index in [9.17, 15) is 0 Å². The summed E-state index contributed by atoms with van der Waals surface area (Å²) in [5.74, 6) is 1.37. The van der Waals surface area contributed by atoms with E-state index < -0.39 is 0 Å². The normalized spacial score (nSPS) is 10.2. The Bertz CT molecular complexity index is 547. The average molecular weight is 419 g/mol. The summed E-state index contributed by atoms with van der Waals surface area (Å²) in [6.07, 6.45) is 1.74. The van der Waals surface area contributed by atoms with E-state index >= 15 is 0 Å². The summed E-state index contributed by atoms with van der Waals surface area (Å²) in [6, 6.07) is 8.06. The molecule has 2 N–H and O–H groups in total. The van der Waals surface area contributed by atoms with Gasteiger partial charge in [0, 0.05) is 16.3 Å². The van der Waals surface area contributed by atoms with Crippen molar-refractivity contribution in [1.29, 1.82) is 0 Å². The van der Waals surface area contributed by atoms with Crippen molar-refractivity contribution in [2.75, 3.05) is 17.2 Å². The maximum atomic E-state index is 4.41. The van der Waals surface area contributed by atoms with Gasteiger partial charge < -0.3 is 10.6 Å². The zero-order chi connectivity index (χ0) is 13.0. The quantitative estimate of drug-likeness (QED) is 0.736. The molecular weight excluding hydrogens is 407 g/mol. The van der Waals surface area contributed by atoms with Crippen LogP contribution in [0.3, 0.4) is 0 Å². The average Bonchev–Trinajstić information content (AvgIpc) is 2.36. The predicted octanol–water partition coefficient (Wildman–Crippen LogP) is 4.02. The number of anilines is 3. The van der Waals surface area contributed by atoms with Gasteiger partial charge in [-0.2, -0.15) is 4.98 Å². The van der Waals surface area contributed by atoms with Crippen molar-refractivity contribution in [3.8, 4) is 0 Å². The van der Waals surface area contributed by atoms with Crippen LogP contribution in [0, 0.1) is 3.57 Å². The molecule has 0 bridgehead atoms. The summed E-state index contributed by atoms with van der Waals surface area (Å²) >= 11 is 5.73. The van der Waals surface area contributed by atoms with Gasteiger partial charge in [0.05, 0.1) is 10.2 Å². The number of aromatic nitrogens is 2. The van der Waals surface area contributed by atoms with Gasteiger partial charge in [0.25, 0.3) is 0 Å². The maximum absolute atomic E-state index is 4.41. The predicted molar refractivity (Wildman–Crippen MR) is 86.3 cm³/mol. The number of hydrogen-bond donors (Lipinski definition) is 2. The third-order valence-corrected chi connectivity index (χ3v) is 3.73. The Morgan fingerprint density at radius 1 is 1.33 bits per heavy atom. The Kier molecular flexibility index (Phi) is 4.76. The van der Waals surface area contributed by atoms with Gasteiger partial charge in [-0.15, -0.1) is 0 Å². The fraction of sp³-hybridized carbons (Fsp3) is 0.167. The van der Waals surface area contributed by atoms with Crippen LogP contribution >= 0.6 is 38.5 Å². The van der Waals surface area contributed by atoms with E-state index in [2.05, 4.69) is 59.1 Å². The zero-order valence-corrected chi connectivity index (χ0v) is 13.5. The molecule has 0 aliphatic carbocycles. The third kappa shape index (κ3) is 3.32. The summed E-state index contributed by atoms with van der Waals surface area (Å²) < 4.78 is 1.98. The molecule has 94 valence electrons. The molecule has 2 rings (SSSR count). The van der Waals surface area contributed by atoms with Crippen LogP contribution in [-0.4, -0.2) is 16.5 Å². The van der Waals surface area contributed by atoms with Crippen LogP contribution < -0.4 is 10.6 Å². The van der Waals surface area contributed by atoms with Crippen LogP contribution in [0.4, 0.5) is 17.5 Å². The van der Waals surface area contributed by atoms with Crippen molar-refractivity contribution < 1.29 is 0 Å². The first kappa shape index (κ1) is 13.5. The second kappa shape index (κ2) is 6.33. The van der Waals surface area contributed by atoms with E-state index in [-0.39, 0.29) is 0 Å². The molecular formula is C12H12BrIN4. The lowest BCUT2D eigenvalue weighted by atomic mass is 10.3. The van der Waals surface area contributed by atoms with Gasteiger partial charge in [-0.25, -0.2) is 4.98 Å². The molecule has 0 aliphatic heterocycles. The first-order valence-electron chi connectivity index (χ1n) is 5.48. The molecule has 0 saturated carbocycles. The zero-order valence-electron chi connectivity index (χ0n) is 9.74. The molecule has 4 nitrogen and oxygen atoms in total. The highest BCUT2D eigenvalue weighted by atomic mass is 127. The van der Waals surface area contributed by atoms with Crippen LogP contribution in [-0.2, 0) is 0 Å². The molecule has 0 saturated heterocycles. The van der Waals surface area contributed by atoms with Crippen molar-refractivity contribution in [2.45, 2.75) is 6.92 Å². The monoisotopic (exact) mass is 418 g/mol. The number of nitrogens with one attached hydrogen (secondary N) is 2. The Hall–Kier alpha value is -0.890. The first-order valence-corrected chi connectivity index (χ1v) is 7.36. The number of halogens is 2. The van der Waals surface area contributed by atoms with Crippen LogP contribution in [0.25, 0.3) is 0 Å². The first-order chi connectivity index (χ1) is 8.70. The molecule has 18 heavy (non-hydrogen) atoms. The fourth-order valence-corrected chi connectivity index (χ4v) is 2.20. The molecule has 0 spiro atoms. The van der Waals surface area contributed by atoms with Crippen LogP contribution in [0.1, 0.15) is 6.92 Å². The minimum absolute atomic E-state index is 0.620. The summed E-state index contributed by atoms with van der Waals surface area (Å²) in [6.45, 7) is 2.81. The van der Waals surface area contributed by atoms with E-state index in [0.29, 0.717) is 5.95 Å². The Balaban J connectivity index is 2.28. The highest BCUT2D eigenvalue weighted by Crippen LogP contribution is 2.26. The smallest absolute Gasteiger partial charge is 0.224 e. The topological polar surface area (TPSA) is 49.8 Å². The Morgan fingerprint density at radius 3 is 2.83 bits per heavy atom. The van der Waals surface area contributed by atoms with Crippen LogP contribution in [0.2, 0.25) is 0 Å². The molecule has 2 aromatic rings. The lowest BCUT2D eigenvalue weighted by molar-refractivity contribution is 1.08. The lowest BCUT2D eigenvalue weighted by Gasteiger charge is -2.10. The third-order valence-electron chi connectivity index (χ3n) is 2.21. The second-order valence-corrected chi connectivity index (χ2v) is 5.54. The van der Waals surface area contributed by atoms with Crippen molar-refractivity contribution in [2.24, 2.45) is 0 Å². The minimum Gasteiger partial charge on any atom is -0.354 e. The largest absolute Gasteiger partial charge is 0.354 e. The van der Waals surface area contributed by atoms with Crippen molar-refractivity contribution in [3.05, 3.63) is 38.5 Å². The fourth-order valence-electron chi connectivity index (χ4n) is 1.39. The molecule has 6 heteroatoms. The standard InChI is InChI=1S/C12H12BrIN4/c1-2-15-12-16-7-8(13)11(18-12)17-10-6-4-3-5-9(10)14/h3-7H,2H2,1H3,(H2,15,16,17,18). The van der Waals surface area contributed by atoms with Gasteiger partial charge in [0.15, 0.2) is 0 Å². The van der Waals surface area contributed by atoms with Crippen molar-refractivity contribution in [1.82, 2.24) is 9.97 Å². The van der Waals surface area contributed by atoms with Gasteiger partial charge in [-0.1, -0.05) is 12.1 Å². The molecule has 0 amide bonds. The highest BCUT2D eigenvalue weighted by molar-refractivity contribution is 14.1. The molecule has 0 unspecified atom stereocenters. The van der Waals surface area contributed by atoms with Gasteiger partial charge >= 0.3 is 0 Å². The Labute approximate surface area is 128 Å². The van der Waals surface area contributed by atoms with E-state index in [1.165, 1.54) is 0 Å². The highest BCUT2D eigenvalue weighted by Gasteiger charge is 2.06. The van der Waals surface area contributed by atoms with E-state index in [1.807, 2.05) is 31.2 Å². The molecule has 1 heterocycles. The lowest BCUT2D eigenvalue weighted by Crippen LogP contribution is -2.05. The van der Waals surface area contributed by atoms with Gasteiger partial charge in [0.1, 0.15) is 5.82 Å². The minimum atomic E-state index is 0.620. The van der Waals surface area contributed by atoms with Gasteiger partial charge in [-0.05, 0) is 57.6 Å². The number of rotatable bonds is 4. The second-order valence-electron chi connectivity index (χ2n) is 3.53. The van der Waals surface area contributed by atoms with Gasteiger partial charge in [0.2, 0.25) is 5.95 Å². The maximum Gasteiger partial charge on any atom is 0.224 e. The SMILES string of the molecule is CCNc1ncc(Br)c(Nc2ccccc2I)n1. The van der Waals surface area contributed by atoms with Crippen molar-refractivity contribution >= 4 is 56.0 Å². The van der Waals surface area contributed by atoms with Crippen LogP contribution in [0.5, 0.6) is 0 Å². The van der Waals surface area contributed by atoms with E-state index in [4.69, 9.17) is 0 Å². The summed E-state index contributed by atoms with van der Waals surface area (Å²) in [5, 5.41) is 6.38. The van der Waals surface area contributed by atoms with Crippen molar-refractivity contribution in [3.63, 3.8) is 0 Å². The molecule has 0 atom stereocenters. The summed E-state index contributed by atoms with van der Waals surface area (Å²) in [5.41, 5.74) is 1.03. The number of benzene rings is 1. The number of para-hydroxylation sites is 1. The Morgan fingerprint density at radius 2 is 2.11 bits per heavy atom. The number of nitrogens with zero attached hydrogens (tertiary/aromatic N) is 2. The van der Waals surface area contributed by atoms with E-state index in [1.54, 1.807) is 6.20 Å². The van der Waals surface area contributed by atoms with Crippen LogP contribution in [0.15, 0.2) is 34.9 Å². The number of hydrogen-bond acceptors (Lipinski definition) is 4. The molecule has 0 aliphatic rings. The van der Waals surface area contributed by atoms with E-state index in [0.717, 1.165) is 26.1 Å². The molecule has 1 aromatic carbocycles. The molecule has 0 fully saturated rings. The molecule has 0 radical (unpaired) electrons.